The number of carbonyl (C=O) groups excluding carboxylic acids is 2. The lowest BCUT2D eigenvalue weighted by molar-refractivity contribution is -0.145. The number of rotatable bonds is 4. The fourth-order valence-corrected chi connectivity index (χ4v) is 2.21. The second-order valence-electron chi connectivity index (χ2n) is 4.55. The summed E-state index contributed by atoms with van der Waals surface area (Å²) in [5, 5.41) is 8.83. The molecule has 17 heavy (non-hydrogen) atoms. The van der Waals surface area contributed by atoms with Gasteiger partial charge in [-0.05, 0) is 25.7 Å². The Morgan fingerprint density at radius 2 is 1.65 bits per heavy atom. The van der Waals surface area contributed by atoms with Gasteiger partial charge in [-0.15, -0.1) is 0 Å². The van der Waals surface area contributed by atoms with Gasteiger partial charge in [0, 0.05) is 13.0 Å². The van der Waals surface area contributed by atoms with Crippen molar-refractivity contribution in [3.63, 3.8) is 0 Å². The summed E-state index contributed by atoms with van der Waals surface area (Å²) >= 11 is 0. The number of nitrogens with two attached hydrogens (primary N) is 1. The van der Waals surface area contributed by atoms with E-state index in [0.29, 0.717) is 25.7 Å². The van der Waals surface area contributed by atoms with Crippen LogP contribution in [0.1, 0.15) is 25.7 Å². The van der Waals surface area contributed by atoms with Gasteiger partial charge in [-0.3, -0.25) is 14.4 Å². The lowest BCUT2D eigenvalue weighted by Gasteiger charge is -2.28. The summed E-state index contributed by atoms with van der Waals surface area (Å²) in [5.41, 5.74) is 5.01. The highest BCUT2D eigenvalue weighted by Gasteiger charge is 2.31. The van der Waals surface area contributed by atoms with Crippen LogP contribution in [0.25, 0.3) is 0 Å². The summed E-state index contributed by atoms with van der Waals surface area (Å²) in [7, 11) is 1.54. The molecule has 3 N–H and O–H groups in total. The minimum Gasteiger partial charge on any atom is -0.481 e. The van der Waals surface area contributed by atoms with Crippen molar-refractivity contribution >= 4 is 17.8 Å². The summed E-state index contributed by atoms with van der Waals surface area (Å²) in [6.45, 7) is -0.0856. The second kappa shape index (κ2) is 5.65. The first-order valence-corrected chi connectivity index (χ1v) is 5.68. The molecule has 1 aliphatic rings. The van der Waals surface area contributed by atoms with E-state index in [4.69, 9.17) is 10.8 Å². The molecule has 0 bridgehead atoms. The zero-order valence-corrected chi connectivity index (χ0v) is 9.89. The van der Waals surface area contributed by atoms with Crippen LogP contribution in [0.4, 0.5) is 0 Å². The van der Waals surface area contributed by atoms with Crippen molar-refractivity contribution in [1.82, 2.24) is 4.90 Å². The van der Waals surface area contributed by atoms with Gasteiger partial charge in [0.25, 0.3) is 0 Å². The lowest BCUT2D eigenvalue weighted by Crippen LogP contribution is -2.40. The molecule has 0 aliphatic heterocycles. The Hall–Kier alpha value is -1.59. The molecule has 6 heteroatoms. The third-order valence-corrected chi connectivity index (χ3v) is 3.19. The zero-order chi connectivity index (χ0) is 13.0. The number of carboxylic acid groups (broad SMARTS) is 1. The van der Waals surface area contributed by atoms with E-state index in [1.54, 1.807) is 0 Å². The molecule has 0 spiro atoms. The molecule has 2 amide bonds. The van der Waals surface area contributed by atoms with E-state index < -0.39 is 11.9 Å². The minimum absolute atomic E-state index is 0.0856. The first kappa shape index (κ1) is 13.5. The minimum atomic E-state index is -0.790. The van der Waals surface area contributed by atoms with Crippen LogP contribution in [0, 0.1) is 11.8 Å². The molecule has 0 unspecified atom stereocenters. The average Bonchev–Trinajstić information content (AvgIpc) is 2.27. The first-order chi connectivity index (χ1) is 7.91. The number of aliphatic carboxylic acids is 1. The van der Waals surface area contributed by atoms with Crippen molar-refractivity contribution < 1.29 is 19.5 Å². The van der Waals surface area contributed by atoms with Crippen LogP contribution in [0.5, 0.6) is 0 Å². The highest BCUT2D eigenvalue weighted by Crippen LogP contribution is 2.29. The Kier molecular flexibility index (Phi) is 4.48. The molecule has 1 rings (SSSR count). The van der Waals surface area contributed by atoms with Gasteiger partial charge >= 0.3 is 5.97 Å². The summed E-state index contributed by atoms with van der Waals surface area (Å²) in [4.78, 5) is 34.6. The number of hydrogen-bond acceptors (Lipinski definition) is 3. The number of carboxylic acids is 1. The molecule has 1 aliphatic carbocycles. The zero-order valence-electron chi connectivity index (χ0n) is 9.89. The van der Waals surface area contributed by atoms with E-state index in [9.17, 15) is 14.4 Å². The third kappa shape index (κ3) is 3.72. The van der Waals surface area contributed by atoms with Crippen molar-refractivity contribution in [2.75, 3.05) is 13.6 Å². The molecule has 0 radical (unpaired) electrons. The Morgan fingerprint density at radius 1 is 1.18 bits per heavy atom. The fourth-order valence-electron chi connectivity index (χ4n) is 2.21. The van der Waals surface area contributed by atoms with Gasteiger partial charge in [0.05, 0.1) is 12.5 Å². The molecule has 1 saturated carbocycles. The van der Waals surface area contributed by atoms with E-state index >= 15 is 0 Å². The predicted molar refractivity (Wildman–Crippen MR) is 59.9 cm³/mol. The van der Waals surface area contributed by atoms with Crippen molar-refractivity contribution in [2.24, 2.45) is 17.6 Å². The summed E-state index contributed by atoms with van der Waals surface area (Å²) in [6, 6.07) is 0. The van der Waals surface area contributed by atoms with Gasteiger partial charge in [-0.1, -0.05) is 0 Å². The van der Waals surface area contributed by atoms with E-state index in [1.807, 2.05) is 0 Å². The van der Waals surface area contributed by atoms with Crippen molar-refractivity contribution in [1.29, 1.82) is 0 Å². The Balaban J connectivity index is 2.45. The van der Waals surface area contributed by atoms with Crippen LogP contribution in [0.3, 0.4) is 0 Å². The van der Waals surface area contributed by atoms with Crippen LogP contribution >= 0.6 is 0 Å². The quantitative estimate of drug-likeness (QED) is 0.714. The van der Waals surface area contributed by atoms with Crippen LogP contribution in [-0.4, -0.2) is 41.4 Å². The number of likely N-dealkylation sites (N-methyl/N-ethyl adjacent to an activating group) is 1. The normalized spacial score (nSPS) is 24.1. The van der Waals surface area contributed by atoms with E-state index in [0.717, 1.165) is 0 Å². The van der Waals surface area contributed by atoms with Gasteiger partial charge in [-0.25, -0.2) is 0 Å². The fraction of sp³-hybridized carbons (Fsp3) is 0.727. The van der Waals surface area contributed by atoms with E-state index in [-0.39, 0.29) is 24.3 Å². The maximum absolute atomic E-state index is 11.9. The summed E-state index contributed by atoms with van der Waals surface area (Å²) < 4.78 is 0. The lowest BCUT2D eigenvalue weighted by atomic mass is 9.81. The van der Waals surface area contributed by atoms with E-state index in [2.05, 4.69) is 0 Å². The van der Waals surface area contributed by atoms with Crippen molar-refractivity contribution in [2.45, 2.75) is 25.7 Å². The van der Waals surface area contributed by atoms with Crippen LogP contribution in [0.15, 0.2) is 0 Å². The van der Waals surface area contributed by atoms with Gasteiger partial charge in [-0.2, -0.15) is 0 Å². The molecular formula is C11H18N2O4. The summed E-state index contributed by atoms with van der Waals surface area (Å²) in [5.74, 6) is -1.95. The average molecular weight is 242 g/mol. The molecule has 0 aromatic carbocycles. The molecule has 96 valence electrons. The second-order valence-corrected chi connectivity index (χ2v) is 4.55. The molecule has 1 fully saturated rings. The standard InChI is InChI=1S/C11H18N2O4/c1-13(6-9(12)14)10(15)7-2-4-8(5-3-7)11(16)17/h7-8H,2-6H2,1H3,(H2,12,14)(H,16,17). The molecule has 0 aromatic rings. The van der Waals surface area contributed by atoms with Crippen LogP contribution < -0.4 is 5.73 Å². The largest absolute Gasteiger partial charge is 0.481 e. The number of amides is 2. The Bertz CT molecular complexity index is 321. The maximum atomic E-state index is 11.9. The number of carbonyl (C=O) groups is 3. The van der Waals surface area contributed by atoms with Gasteiger partial charge in [0.15, 0.2) is 0 Å². The van der Waals surface area contributed by atoms with Crippen molar-refractivity contribution in [3.8, 4) is 0 Å². The van der Waals surface area contributed by atoms with Crippen LogP contribution in [-0.2, 0) is 14.4 Å². The maximum Gasteiger partial charge on any atom is 0.306 e. The number of nitrogens with zero attached hydrogens (tertiary/aromatic N) is 1. The number of hydrogen-bond donors (Lipinski definition) is 2. The van der Waals surface area contributed by atoms with Gasteiger partial charge in [0.1, 0.15) is 0 Å². The SMILES string of the molecule is CN(CC(N)=O)C(=O)C1CCC(C(=O)O)CC1. The van der Waals surface area contributed by atoms with E-state index in [1.165, 1.54) is 11.9 Å². The highest BCUT2D eigenvalue weighted by molar-refractivity contribution is 5.85. The topological polar surface area (TPSA) is 101 Å². The summed E-state index contributed by atoms with van der Waals surface area (Å²) in [6.07, 6.45) is 2.18. The van der Waals surface area contributed by atoms with Gasteiger partial charge < -0.3 is 15.7 Å². The molecule has 0 heterocycles. The molecular weight excluding hydrogens is 224 g/mol. The smallest absolute Gasteiger partial charge is 0.306 e. The Morgan fingerprint density at radius 3 is 2.06 bits per heavy atom. The van der Waals surface area contributed by atoms with Gasteiger partial charge in [0.2, 0.25) is 11.8 Å². The Labute approximate surface area is 99.8 Å². The molecule has 6 nitrogen and oxygen atoms in total. The number of primary amides is 1. The monoisotopic (exact) mass is 242 g/mol. The first-order valence-electron chi connectivity index (χ1n) is 5.68. The molecule has 0 atom stereocenters. The molecule has 0 saturated heterocycles. The third-order valence-electron chi connectivity index (χ3n) is 3.19. The predicted octanol–water partition coefficient (Wildman–Crippen LogP) is -0.179. The van der Waals surface area contributed by atoms with Crippen molar-refractivity contribution in [3.05, 3.63) is 0 Å². The van der Waals surface area contributed by atoms with Crippen LogP contribution in [0.2, 0.25) is 0 Å². The highest BCUT2D eigenvalue weighted by atomic mass is 16.4. The molecule has 0 aromatic heterocycles.